The molecule has 3 atom stereocenters. The maximum absolute atomic E-state index is 4.44. The molecule has 0 bridgehead atoms. The second-order valence-corrected chi connectivity index (χ2v) is 6.70. The molecule has 18 heavy (non-hydrogen) atoms. The Bertz CT molecular complexity index is 361. The zero-order valence-electron chi connectivity index (χ0n) is 11.9. The van der Waals surface area contributed by atoms with Gasteiger partial charge in [-0.2, -0.15) is 0 Å². The van der Waals surface area contributed by atoms with Crippen molar-refractivity contribution in [3.8, 4) is 0 Å². The molecular weight excluding hydrogens is 240 g/mol. The molecule has 2 rings (SSSR count). The van der Waals surface area contributed by atoms with Gasteiger partial charge in [0.05, 0.1) is 5.01 Å². The lowest BCUT2D eigenvalue weighted by Crippen LogP contribution is -2.34. The maximum Gasteiger partial charge on any atom is 0.0897 e. The molecule has 102 valence electrons. The highest BCUT2D eigenvalue weighted by atomic mass is 32.1. The predicted molar refractivity (Wildman–Crippen MR) is 79.0 cm³/mol. The third-order valence-corrected chi connectivity index (χ3v) is 5.29. The van der Waals surface area contributed by atoms with Gasteiger partial charge in [0.15, 0.2) is 0 Å². The zero-order valence-corrected chi connectivity index (χ0v) is 12.7. The maximum atomic E-state index is 4.44. The molecule has 0 aromatic carbocycles. The molecule has 0 amide bonds. The van der Waals surface area contributed by atoms with Crippen LogP contribution in [-0.4, -0.2) is 11.5 Å². The molecule has 1 aliphatic rings. The van der Waals surface area contributed by atoms with Gasteiger partial charge in [-0.05, 0) is 31.7 Å². The molecule has 0 saturated heterocycles. The van der Waals surface area contributed by atoms with Crippen LogP contribution in [0.15, 0.2) is 6.20 Å². The van der Waals surface area contributed by atoms with Gasteiger partial charge in [0.25, 0.3) is 0 Å². The van der Waals surface area contributed by atoms with E-state index in [-0.39, 0.29) is 0 Å². The van der Waals surface area contributed by atoms with Crippen molar-refractivity contribution in [2.45, 2.75) is 58.9 Å². The number of rotatable bonds is 5. The van der Waals surface area contributed by atoms with Gasteiger partial charge in [-0.1, -0.05) is 39.5 Å². The molecule has 1 aliphatic carbocycles. The second kappa shape index (κ2) is 6.67. The molecule has 1 heterocycles. The van der Waals surface area contributed by atoms with E-state index in [4.69, 9.17) is 0 Å². The van der Waals surface area contributed by atoms with E-state index in [0.717, 1.165) is 18.4 Å². The zero-order chi connectivity index (χ0) is 13.0. The molecule has 1 saturated carbocycles. The third kappa shape index (κ3) is 3.12. The molecule has 0 aliphatic heterocycles. The fraction of sp³-hybridized carbons (Fsp3) is 0.800. The normalized spacial score (nSPS) is 26.2. The average molecular weight is 266 g/mol. The first kappa shape index (κ1) is 14.0. The van der Waals surface area contributed by atoms with E-state index in [9.17, 15) is 0 Å². The van der Waals surface area contributed by atoms with E-state index in [2.05, 4.69) is 37.3 Å². The smallest absolute Gasteiger partial charge is 0.0897 e. The number of aromatic nitrogens is 1. The summed E-state index contributed by atoms with van der Waals surface area (Å²) in [6.07, 6.45) is 9.05. The van der Waals surface area contributed by atoms with Crippen LogP contribution in [0.5, 0.6) is 0 Å². The van der Waals surface area contributed by atoms with Gasteiger partial charge in [-0.15, -0.1) is 11.3 Å². The minimum absolute atomic E-state index is 0.534. The van der Waals surface area contributed by atoms with Gasteiger partial charge in [0.2, 0.25) is 0 Å². The Hall–Kier alpha value is -0.410. The van der Waals surface area contributed by atoms with E-state index in [1.807, 2.05) is 11.3 Å². The summed E-state index contributed by atoms with van der Waals surface area (Å²) in [5.41, 5.74) is 0. The van der Waals surface area contributed by atoms with Gasteiger partial charge in [-0.25, -0.2) is 4.98 Å². The summed E-state index contributed by atoms with van der Waals surface area (Å²) in [6, 6.07) is 0.534. The van der Waals surface area contributed by atoms with Crippen molar-refractivity contribution in [3.05, 3.63) is 16.1 Å². The summed E-state index contributed by atoms with van der Waals surface area (Å²) in [5.74, 6) is 1.70. The molecule has 0 radical (unpaired) electrons. The first-order valence-electron chi connectivity index (χ1n) is 7.42. The lowest BCUT2D eigenvalue weighted by molar-refractivity contribution is 0.178. The molecule has 3 heteroatoms. The Morgan fingerprint density at radius 3 is 2.78 bits per heavy atom. The number of aryl methyl sites for hydroxylation is 1. The Labute approximate surface area is 115 Å². The van der Waals surface area contributed by atoms with Gasteiger partial charge in [0.1, 0.15) is 0 Å². The van der Waals surface area contributed by atoms with Crippen molar-refractivity contribution in [2.24, 2.45) is 11.8 Å². The molecule has 1 N–H and O–H groups in total. The monoisotopic (exact) mass is 266 g/mol. The van der Waals surface area contributed by atoms with E-state index in [1.165, 1.54) is 42.0 Å². The first-order chi connectivity index (χ1) is 8.76. The summed E-state index contributed by atoms with van der Waals surface area (Å²) in [6.45, 7) is 7.72. The van der Waals surface area contributed by atoms with E-state index >= 15 is 0 Å². The second-order valence-electron chi connectivity index (χ2n) is 5.43. The van der Waals surface area contributed by atoms with Crippen LogP contribution in [0, 0.1) is 18.8 Å². The molecule has 1 aromatic rings. The number of nitrogens with one attached hydrogen (secondary N) is 1. The minimum atomic E-state index is 0.534. The number of hydrogen-bond acceptors (Lipinski definition) is 3. The van der Waals surface area contributed by atoms with Gasteiger partial charge < -0.3 is 5.32 Å². The first-order valence-corrected chi connectivity index (χ1v) is 8.23. The van der Waals surface area contributed by atoms with Crippen LogP contribution >= 0.6 is 11.3 Å². The van der Waals surface area contributed by atoms with Crippen LogP contribution in [0.25, 0.3) is 0 Å². The van der Waals surface area contributed by atoms with Crippen molar-refractivity contribution in [1.29, 1.82) is 0 Å². The van der Waals surface area contributed by atoms with Gasteiger partial charge >= 0.3 is 0 Å². The Morgan fingerprint density at radius 2 is 2.17 bits per heavy atom. The quantitative estimate of drug-likeness (QED) is 0.858. The van der Waals surface area contributed by atoms with Crippen LogP contribution in [0.2, 0.25) is 0 Å². The van der Waals surface area contributed by atoms with Crippen molar-refractivity contribution >= 4 is 11.3 Å². The molecule has 2 nitrogen and oxygen atoms in total. The van der Waals surface area contributed by atoms with Crippen molar-refractivity contribution in [1.82, 2.24) is 10.3 Å². The number of nitrogens with zero attached hydrogens (tertiary/aromatic N) is 1. The Balaban J connectivity index is 2.17. The number of hydrogen-bond donors (Lipinski definition) is 1. The highest BCUT2D eigenvalue weighted by molar-refractivity contribution is 7.11. The van der Waals surface area contributed by atoms with Crippen LogP contribution in [0.3, 0.4) is 0 Å². The van der Waals surface area contributed by atoms with Crippen molar-refractivity contribution in [3.63, 3.8) is 0 Å². The third-order valence-electron chi connectivity index (χ3n) is 4.29. The molecule has 1 aromatic heterocycles. The van der Waals surface area contributed by atoms with Gasteiger partial charge in [-0.3, -0.25) is 0 Å². The van der Waals surface area contributed by atoms with Crippen LogP contribution in [0.1, 0.15) is 61.9 Å². The average Bonchev–Trinajstić information content (AvgIpc) is 2.82. The molecular formula is C15H26N2S. The summed E-state index contributed by atoms with van der Waals surface area (Å²) in [5, 5.41) is 4.91. The summed E-state index contributed by atoms with van der Waals surface area (Å²) < 4.78 is 0. The minimum Gasteiger partial charge on any atom is -0.309 e. The SMILES string of the molecule is CCNC(c1cnc(C)s1)C1CCCCC1CC. The van der Waals surface area contributed by atoms with Gasteiger partial charge in [0, 0.05) is 17.1 Å². The topological polar surface area (TPSA) is 24.9 Å². The van der Waals surface area contributed by atoms with Crippen LogP contribution in [-0.2, 0) is 0 Å². The van der Waals surface area contributed by atoms with Crippen LogP contribution in [0.4, 0.5) is 0 Å². The Morgan fingerprint density at radius 1 is 1.39 bits per heavy atom. The predicted octanol–water partition coefficient (Wildman–Crippen LogP) is 4.32. The fourth-order valence-electron chi connectivity index (χ4n) is 3.39. The Kier molecular flexibility index (Phi) is 5.19. The highest BCUT2D eigenvalue weighted by Gasteiger charge is 2.32. The number of thiazole rings is 1. The van der Waals surface area contributed by atoms with E-state index in [0.29, 0.717) is 6.04 Å². The standard InChI is InChI=1S/C15H26N2S/c1-4-12-8-6-7-9-13(12)15(16-5-2)14-10-17-11(3)18-14/h10,12-13,15-16H,4-9H2,1-3H3. The van der Waals surface area contributed by atoms with Crippen LogP contribution < -0.4 is 5.32 Å². The largest absolute Gasteiger partial charge is 0.309 e. The molecule has 1 fully saturated rings. The van der Waals surface area contributed by atoms with Crippen molar-refractivity contribution in [2.75, 3.05) is 6.54 Å². The lowest BCUT2D eigenvalue weighted by Gasteiger charge is -2.36. The summed E-state index contributed by atoms with van der Waals surface area (Å²) in [4.78, 5) is 5.89. The van der Waals surface area contributed by atoms with E-state index in [1.54, 1.807) is 0 Å². The summed E-state index contributed by atoms with van der Waals surface area (Å²) >= 11 is 1.87. The molecule has 3 unspecified atom stereocenters. The van der Waals surface area contributed by atoms with Crippen molar-refractivity contribution < 1.29 is 0 Å². The fourth-order valence-corrected chi connectivity index (χ4v) is 4.32. The molecule has 0 spiro atoms. The summed E-state index contributed by atoms with van der Waals surface area (Å²) in [7, 11) is 0. The highest BCUT2D eigenvalue weighted by Crippen LogP contribution is 2.41. The van der Waals surface area contributed by atoms with E-state index < -0.39 is 0 Å². The lowest BCUT2D eigenvalue weighted by atomic mass is 9.73.